The molecule has 2 N–H and O–H groups in total. The molecule has 9 heteroatoms. The van der Waals surface area contributed by atoms with Crippen molar-refractivity contribution in [1.29, 1.82) is 0 Å². The molecule has 2 unspecified atom stereocenters. The Morgan fingerprint density at radius 2 is 1.06 bits per heavy atom. The molecule has 0 amide bonds. The minimum absolute atomic E-state index is 0.0572. The van der Waals surface area contributed by atoms with E-state index in [4.69, 9.17) is 0 Å². The molecule has 2 aliphatic rings. The van der Waals surface area contributed by atoms with Gasteiger partial charge in [0.1, 0.15) is 5.78 Å². The molecule has 0 spiro atoms. The molecule has 6 rings (SSSR count). The van der Waals surface area contributed by atoms with E-state index < -0.39 is 11.1 Å². The lowest BCUT2D eigenvalue weighted by Gasteiger charge is -2.34. The van der Waals surface area contributed by atoms with E-state index in [0.29, 0.717) is 38.5 Å². The number of nitrogens with zero attached hydrogens (tertiary/aromatic N) is 2. The minimum Gasteiger partial charge on any atom is -0.494 e. The van der Waals surface area contributed by atoms with Gasteiger partial charge >= 0.3 is 0 Å². The molecule has 2 aliphatic heterocycles. The monoisotopic (exact) mass is 684 g/mol. The predicted molar refractivity (Wildman–Crippen MR) is 194 cm³/mol. The molecular formula is C39H44N2O5S2. The van der Waals surface area contributed by atoms with Gasteiger partial charge in [-0.2, -0.15) is 0 Å². The number of aromatic hydroxyl groups is 2. The average molecular weight is 685 g/mol. The Hall–Kier alpha value is -3.69. The number of unbranched alkanes of at least 4 members (excludes halogenated alkanes) is 2. The Bertz CT molecular complexity index is 1770. The molecule has 0 bridgehead atoms. The second-order valence-electron chi connectivity index (χ2n) is 13.4. The number of fused-ring (bicyclic) bond motifs is 2. The summed E-state index contributed by atoms with van der Waals surface area (Å²) in [5, 5.41) is 22.6. The summed E-state index contributed by atoms with van der Waals surface area (Å²) in [6, 6.07) is 23.0. The van der Waals surface area contributed by atoms with Gasteiger partial charge in [-0.25, -0.2) is 0 Å². The zero-order valence-electron chi connectivity index (χ0n) is 27.7. The van der Waals surface area contributed by atoms with Crippen LogP contribution in [-0.2, 0) is 28.7 Å². The quantitative estimate of drug-likeness (QED) is 0.132. The van der Waals surface area contributed by atoms with Crippen LogP contribution >= 0.6 is 23.5 Å². The zero-order chi connectivity index (χ0) is 33.9. The number of benzene rings is 2. The Morgan fingerprint density at radius 1 is 0.667 bits per heavy atom. The third-order valence-corrected chi connectivity index (χ3v) is 12.4. The maximum absolute atomic E-state index is 13.3. The van der Waals surface area contributed by atoms with Crippen molar-refractivity contribution in [1.82, 2.24) is 9.13 Å². The van der Waals surface area contributed by atoms with Crippen molar-refractivity contribution in [2.75, 3.05) is 11.5 Å². The van der Waals surface area contributed by atoms with Crippen LogP contribution in [0.1, 0.15) is 87.5 Å². The first kappa shape index (κ1) is 34.2. The summed E-state index contributed by atoms with van der Waals surface area (Å²) in [5.74, 6) is 2.03. The predicted octanol–water partition coefficient (Wildman–Crippen LogP) is 7.63. The first-order valence-electron chi connectivity index (χ1n) is 17.0. The number of ketones is 1. The van der Waals surface area contributed by atoms with Crippen molar-refractivity contribution in [3.8, 4) is 11.8 Å². The van der Waals surface area contributed by atoms with Gasteiger partial charge in [-0.3, -0.25) is 23.5 Å². The number of rotatable bonds is 14. The van der Waals surface area contributed by atoms with Crippen LogP contribution in [0.5, 0.6) is 11.8 Å². The van der Waals surface area contributed by atoms with Crippen LogP contribution in [0.15, 0.2) is 92.2 Å². The van der Waals surface area contributed by atoms with Crippen LogP contribution in [0, 0.1) is 0 Å². The first-order chi connectivity index (χ1) is 23.1. The second kappa shape index (κ2) is 14.4. The number of pyridine rings is 2. The number of aromatic nitrogens is 2. The third-order valence-electron chi connectivity index (χ3n) is 10.2. The zero-order valence-corrected chi connectivity index (χ0v) is 29.4. The number of thioether (sulfide) groups is 2. The van der Waals surface area contributed by atoms with Gasteiger partial charge in [-0.1, -0.05) is 73.5 Å². The number of carbonyl (C=O) groups excluding carboxylic acids is 1. The molecular weight excluding hydrogens is 641 g/mol. The van der Waals surface area contributed by atoms with E-state index in [1.807, 2.05) is 74.5 Å². The highest BCUT2D eigenvalue weighted by Gasteiger charge is 2.35. The van der Waals surface area contributed by atoms with E-state index in [0.717, 1.165) is 69.2 Å². The largest absolute Gasteiger partial charge is 0.494 e. The van der Waals surface area contributed by atoms with Crippen molar-refractivity contribution in [2.24, 2.45) is 0 Å². The highest BCUT2D eigenvalue weighted by molar-refractivity contribution is 7.99. The fourth-order valence-corrected chi connectivity index (χ4v) is 9.66. The maximum Gasteiger partial charge on any atom is 0.255 e. The summed E-state index contributed by atoms with van der Waals surface area (Å²) >= 11 is 3.22. The molecule has 0 saturated heterocycles. The molecule has 252 valence electrons. The molecule has 4 heterocycles. The fourth-order valence-electron chi connectivity index (χ4n) is 7.51. The Labute approximate surface area is 290 Å². The SMILES string of the molecule is CC(CCCCC(=O)CCCCC(C)(c1ccccc1)n1c(O)c2c(cc1=O)SCC2)(c1ccccc1)n1c(O)c2c(cc1=O)SCC2. The van der Waals surface area contributed by atoms with Crippen molar-refractivity contribution in [3.63, 3.8) is 0 Å². The van der Waals surface area contributed by atoms with Crippen molar-refractivity contribution in [2.45, 2.75) is 98.9 Å². The van der Waals surface area contributed by atoms with Crippen LogP contribution in [0.3, 0.4) is 0 Å². The molecule has 0 fully saturated rings. The third kappa shape index (κ3) is 6.64. The average Bonchev–Trinajstić information content (AvgIpc) is 3.76. The normalized spacial score (nSPS) is 16.2. The smallest absolute Gasteiger partial charge is 0.255 e. The van der Waals surface area contributed by atoms with Gasteiger partial charge in [0, 0.05) is 57.4 Å². The van der Waals surface area contributed by atoms with Gasteiger partial charge in [0.2, 0.25) is 0 Å². The van der Waals surface area contributed by atoms with E-state index in [1.54, 1.807) is 44.8 Å². The lowest BCUT2D eigenvalue weighted by Crippen LogP contribution is -2.40. The molecule has 48 heavy (non-hydrogen) atoms. The van der Waals surface area contributed by atoms with Crippen molar-refractivity contribution >= 4 is 29.3 Å². The topological polar surface area (TPSA) is 102 Å². The standard InChI is InChI=1S/C39H44N2O5S2/c1-38(27-13-5-3-6-14-27,40-34(43)25-32-30(36(40)45)19-23-47-32)21-11-9-17-29(42)18-10-12-22-39(2,28-15-7-4-8-16-28)41-35(44)26-33-31(37(41)46)20-24-48-33/h3-8,13-16,25-26,45-46H,9-12,17-24H2,1-2H3. The summed E-state index contributed by atoms with van der Waals surface area (Å²) in [4.78, 5) is 41.5. The lowest BCUT2D eigenvalue weighted by molar-refractivity contribution is -0.119. The summed E-state index contributed by atoms with van der Waals surface area (Å²) in [6.45, 7) is 4.01. The second-order valence-corrected chi connectivity index (χ2v) is 15.7. The number of Topliss-reactive ketones (excluding diaryl/α,β-unsaturated/α-hetero) is 1. The number of hydrogen-bond acceptors (Lipinski definition) is 7. The van der Waals surface area contributed by atoms with Gasteiger partial charge in [-0.05, 0) is 63.5 Å². The van der Waals surface area contributed by atoms with Crippen LogP contribution in [0.4, 0.5) is 0 Å². The summed E-state index contributed by atoms with van der Waals surface area (Å²) in [5.41, 5.74) is 1.66. The molecule has 0 saturated carbocycles. The Balaban J connectivity index is 1.08. The van der Waals surface area contributed by atoms with Gasteiger partial charge in [0.15, 0.2) is 11.8 Å². The van der Waals surface area contributed by atoms with Crippen LogP contribution < -0.4 is 11.1 Å². The van der Waals surface area contributed by atoms with Crippen molar-refractivity contribution < 1.29 is 15.0 Å². The maximum atomic E-state index is 13.3. The highest BCUT2D eigenvalue weighted by atomic mass is 32.2. The molecule has 0 aliphatic carbocycles. The van der Waals surface area contributed by atoms with Crippen LogP contribution in [0.25, 0.3) is 0 Å². The molecule has 0 radical (unpaired) electrons. The number of carbonyl (C=O) groups is 1. The van der Waals surface area contributed by atoms with Gasteiger partial charge < -0.3 is 10.2 Å². The van der Waals surface area contributed by atoms with Crippen LogP contribution in [0.2, 0.25) is 0 Å². The minimum atomic E-state index is -0.754. The summed E-state index contributed by atoms with van der Waals surface area (Å²) in [7, 11) is 0. The Kier molecular flexibility index (Phi) is 10.3. The van der Waals surface area contributed by atoms with E-state index >= 15 is 0 Å². The molecule has 2 atom stereocenters. The van der Waals surface area contributed by atoms with Crippen LogP contribution in [-0.4, -0.2) is 36.6 Å². The van der Waals surface area contributed by atoms with E-state index in [-0.39, 0.29) is 28.7 Å². The van der Waals surface area contributed by atoms with Gasteiger partial charge in [0.25, 0.3) is 11.1 Å². The van der Waals surface area contributed by atoms with Gasteiger partial charge in [0.05, 0.1) is 11.1 Å². The fraction of sp³-hybridized carbons (Fsp3) is 0.410. The molecule has 7 nitrogen and oxygen atoms in total. The molecule has 4 aromatic rings. The van der Waals surface area contributed by atoms with Crippen molar-refractivity contribution in [3.05, 3.63) is 116 Å². The van der Waals surface area contributed by atoms with E-state index in [9.17, 15) is 24.6 Å². The Morgan fingerprint density at radius 3 is 1.46 bits per heavy atom. The van der Waals surface area contributed by atoms with E-state index in [1.165, 1.54) is 0 Å². The summed E-state index contributed by atoms with van der Waals surface area (Å²) in [6.07, 6.45) is 6.41. The first-order valence-corrected chi connectivity index (χ1v) is 19.0. The molecule has 2 aromatic heterocycles. The molecule has 2 aromatic carbocycles. The highest BCUT2D eigenvalue weighted by Crippen LogP contribution is 2.42. The van der Waals surface area contributed by atoms with E-state index in [2.05, 4.69) is 0 Å². The lowest BCUT2D eigenvalue weighted by atomic mass is 9.85. The number of hydrogen-bond donors (Lipinski definition) is 2. The summed E-state index contributed by atoms with van der Waals surface area (Å²) < 4.78 is 3.11. The van der Waals surface area contributed by atoms with Gasteiger partial charge in [-0.15, -0.1) is 23.5 Å².